The molecule has 0 bridgehead atoms. The Morgan fingerprint density at radius 3 is 2.86 bits per heavy atom. The van der Waals surface area contributed by atoms with Gasteiger partial charge in [0.15, 0.2) is 0 Å². The summed E-state index contributed by atoms with van der Waals surface area (Å²) < 4.78 is 2.13. The van der Waals surface area contributed by atoms with Crippen molar-refractivity contribution in [1.82, 2.24) is 4.57 Å². The Morgan fingerprint density at radius 2 is 2.14 bits per heavy atom. The summed E-state index contributed by atoms with van der Waals surface area (Å²) in [4.78, 5) is 0. The van der Waals surface area contributed by atoms with Crippen LogP contribution in [0.25, 0.3) is 10.9 Å². The van der Waals surface area contributed by atoms with E-state index in [0.717, 1.165) is 6.42 Å². The number of benzene rings is 1. The third-order valence-electron chi connectivity index (χ3n) is 2.67. The molecule has 0 amide bonds. The number of aliphatic hydroxyl groups is 1. The third-order valence-corrected chi connectivity index (χ3v) is 2.67. The fourth-order valence-corrected chi connectivity index (χ4v) is 2.07. The monoisotopic (exact) mass is 189 g/mol. The molecule has 0 aliphatic rings. The largest absolute Gasteiger partial charge is 0.396 e. The number of fused-ring (bicyclic) bond motifs is 1. The number of aliphatic hydroxyl groups excluding tert-OH is 1. The Bertz CT molecular complexity index is 457. The minimum absolute atomic E-state index is 0.212. The van der Waals surface area contributed by atoms with E-state index in [1.165, 1.54) is 22.0 Å². The fraction of sp³-hybridized carbons (Fsp3) is 0.333. The smallest absolute Gasteiger partial charge is 0.0513 e. The molecule has 0 aliphatic heterocycles. The molecule has 1 aromatic carbocycles. The van der Waals surface area contributed by atoms with Crippen molar-refractivity contribution in [1.29, 1.82) is 0 Å². The van der Waals surface area contributed by atoms with Crippen LogP contribution in [0.1, 0.15) is 11.1 Å². The average molecular weight is 189 g/mol. The Labute approximate surface area is 83.8 Å². The highest BCUT2D eigenvalue weighted by molar-refractivity contribution is 5.86. The van der Waals surface area contributed by atoms with E-state index in [1.54, 1.807) is 0 Å². The highest BCUT2D eigenvalue weighted by Gasteiger charge is 2.06. The summed E-state index contributed by atoms with van der Waals surface area (Å²) in [6.07, 6.45) is 2.86. The molecule has 1 N–H and O–H groups in total. The molecule has 1 aromatic heterocycles. The Kier molecular flexibility index (Phi) is 2.30. The fourth-order valence-electron chi connectivity index (χ4n) is 2.07. The van der Waals surface area contributed by atoms with E-state index in [9.17, 15) is 0 Å². The molecule has 0 fully saturated rings. The zero-order valence-corrected chi connectivity index (χ0v) is 8.62. The van der Waals surface area contributed by atoms with Crippen molar-refractivity contribution in [3.63, 3.8) is 0 Å². The normalized spacial score (nSPS) is 11.1. The van der Waals surface area contributed by atoms with Crippen LogP contribution in [0.2, 0.25) is 0 Å². The standard InChI is InChI=1S/C12H15NO/c1-9-8-13(2)12-10(6-7-14)4-3-5-11(9)12/h3-5,8,14H,6-7H2,1-2H3. The van der Waals surface area contributed by atoms with Gasteiger partial charge in [-0.2, -0.15) is 0 Å². The lowest BCUT2D eigenvalue weighted by atomic mass is 10.1. The summed E-state index contributed by atoms with van der Waals surface area (Å²) in [6, 6.07) is 6.27. The van der Waals surface area contributed by atoms with Gasteiger partial charge >= 0.3 is 0 Å². The summed E-state index contributed by atoms with van der Waals surface area (Å²) in [7, 11) is 2.05. The van der Waals surface area contributed by atoms with Crippen LogP contribution in [-0.2, 0) is 13.5 Å². The van der Waals surface area contributed by atoms with Gasteiger partial charge in [0.1, 0.15) is 0 Å². The summed E-state index contributed by atoms with van der Waals surface area (Å²) in [5.41, 5.74) is 3.77. The van der Waals surface area contributed by atoms with Crippen LogP contribution in [0.4, 0.5) is 0 Å². The van der Waals surface area contributed by atoms with Gasteiger partial charge in [0.25, 0.3) is 0 Å². The van der Waals surface area contributed by atoms with Gasteiger partial charge in [-0.3, -0.25) is 0 Å². The SMILES string of the molecule is Cc1cn(C)c2c(CCO)cccc12. The number of hydrogen-bond acceptors (Lipinski definition) is 1. The minimum atomic E-state index is 0.212. The maximum Gasteiger partial charge on any atom is 0.0513 e. The molecule has 1 heterocycles. The second-order valence-corrected chi connectivity index (χ2v) is 3.71. The molecule has 0 unspecified atom stereocenters. The molecule has 0 atom stereocenters. The lowest BCUT2D eigenvalue weighted by molar-refractivity contribution is 0.300. The van der Waals surface area contributed by atoms with E-state index in [1.807, 2.05) is 0 Å². The predicted molar refractivity (Wildman–Crippen MR) is 58.4 cm³/mol. The van der Waals surface area contributed by atoms with Crippen LogP contribution in [0, 0.1) is 6.92 Å². The summed E-state index contributed by atoms with van der Waals surface area (Å²) in [6.45, 7) is 2.33. The van der Waals surface area contributed by atoms with Gasteiger partial charge in [-0.1, -0.05) is 18.2 Å². The van der Waals surface area contributed by atoms with Gasteiger partial charge in [0, 0.05) is 25.2 Å². The zero-order chi connectivity index (χ0) is 10.1. The Hall–Kier alpha value is -1.28. The molecule has 0 aliphatic carbocycles. The van der Waals surface area contributed by atoms with Gasteiger partial charge in [0.2, 0.25) is 0 Å². The first-order valence-corrected chi connectivity index (χ1v) is 4.88. The predicted octanol–water partition coefficient (Wildman–Crippen LogP) is 2.02. The van der Waals surface area contributed by atoms with E-state index in [0.29, 0.717) is 0 Å². The molecule has 0 saturated heterocycles. The molecule has 0 radical (unpaired) electrons. The van der Waals surface area contributed by atoms with Crippen molar-refractivity contribution in [2.24, 2.45) is 7.05 Å². The summed E-state index contributed by atoms with van der Waals surface area (Å²) in [5, 5.41) is 10.3. The van der Waals surface area contributed by atoms with Crippen LogP contribution in [-0.4, -0.2) is 16.3 Å². The van der Waals surface area contributed by atoms with Crippen LogP contribution in [0.5, 0.6) is 0 Å². The lowest BCUT2D eigenvalue weighted by Crippen LogP contribution is -1.95. The van der Waals surface area contributed by atoms with Gasteiger partial charge in [0.05, 0.1) is 5.52 Å². The first-order valence-electron chi connectivity index (χ1n) is 4.88. The zero-order valence-electron chi connectivity index (χ0n) is 8.62. The van der Waals surface area contributed by atoms with Crippen molar-refractivity contribution >= 4 is 10.9 Å². The number of hydrogen-bond donors (Lipinski definition) is 1. The Balaban J connectivity index is 2.72. The molecule has 2 heteroatoms. The number of aryl methyl sites for hydroxylation is 2. The molecule has 74 valence electrons. The van der Waals surface area contributed by atoms with Gasteiger partial charge in [-0.15, -0.1) is 0 Å². The van der Waals surface area contributed by atoms with Crippen molar-refractivity contribution in [2.75, 3.05) is 6.61 Å². The van der Waals surface area contributed by atoms with Gasteiger partial charge in [-0.25, -0.2) is 0 Å². The summed E-state index contributed by atoms with van der Waals surface area (Å²) in [5.74, 6) is 0. The van der Waals surface area contributed by atoms with Gasteiger partial charge < -0.3 is 9.67 Å². The van der Waals surface area contributed by atoms with E-state index in [-0.39, 0.29) is 6.61 Å². The van der Waals surface area contributed by atoms with Crippen molar-refractivity contribution in [3.05, 3.63) is 35.5 Å². The van der Waals surface area contributed by atoms with E-state index < -0.39 is 0 Å². The lowest BCUT2D eigenvalue weighted by Gasteiger charge is -2.03. The molecule has 2 aromatic rings. The van der Waals surface area contributed by atoms with Gasteiger partial charge in [-0.05, 0) is 24.5 Å². The number of para-hydroxylation sites is 1. The van der Waals surface area contributed by atoms with E-state index in [4.69, 9.17) is 5.11 Å². The minimum Gasteiger partial charge on any atom is -0.396 e. The highest BCUT2D eigenvalue weighted by Crippen LogP contribution is 2.23. The highest BCUT2D eigenvalue weighted by atomic mass is 16.2. The van der Waals surface area contributed by atoms with Crippen LogP contribution in [0.3, 0.4) is 0 Å². The van der Waals surface area contributed by atoms with Crippen LogP contribution in [0.15, 0.2) is 24.4 Å². The third kappa shape index (κ3) is 1.32. The quantitative estimate of drug-likeness (QED) is 0.768. The summed E-state index contributed by atoms with van der Waals surface area (Å²) >= 11 is 0. The molecule has 0 saturated carbocycles. The maximum atomic E-state index is 8.97. The van der Waals surface area contributed by atoms with E-state index >= 15 is 0 Å². The topological polar surface area (TPSA) is 25.2 Å². The van der Waals surface area contributed by atoms with Crippen LogP contribution >= 0.6 is 0 Å². The number of rotatable bonds is 2. The Morgan fingerprint density at radius 1 is 1.36 bits per heavy atom. The van der Waals surface area contributed by atoms with Crippen molar-refractivity contribution in [2.45, 2.75) is 13.3 Å². The molecular weight excluding hydrogens is 174 g/mol. The maximum absolute atomic E-state index is 8.97. The second-order valence-electron chi connectivity index (χ2n) is 3.71. The molecule has 0 spiro atoms. The molecule has 2 rings (SSSR count). The molecule has 2 nitrogen and oxygen atoms in total. The van der Waals surface area contributed by atoms with Crippen molar-refractivity contribution < 1.29 is 5.11 Å². The number of aromatic nitrogens is 1. The van der Waals surface area contributed by atoms with Crippen LogP contribution < -0.4 is 0 Å². The molecular formula is C12H15NO. The number of nitrogens with zero attached hydrogens (tertiary/aromatic N) is 1. The molecule has 14 heavy (non-hydrogen) atoms. The van der Waals surface area contributed by atoms with E-state index in [2.05, 4.69) is 42.9 Å². The first-order chi connectivity index (χ1) is 6.74. The first kappa shape index (κ1) is 9.28. The van der Waals surface area contributed by atoms with Crippen molar-refractivity contribution in [3.8, 4) is 0 Å². The average Bonchev–Trinajstić information content (AvgIpc) is 2.44. The second kappa shape index (κ2) is 3.46.